The van der Waals surface area contributed by atoms with Gasteiger partial charge >= 0.3 is 0 Å². The highest BCUT2D eigenvalue weighted by Gasteiger charge is 1.84. The summed E-state index contributed by atoms with van der Waals surface area (Å²) < 4.78 is 5.15. The monoisotopic (exact) mass is 160 g/mol. The molecule has 0 rings (SSSR count). The molecule has 0 aliphatic heterocycles. The first-order chi connectivity index (χ1) is 5.41. The van der Waals surface area contributed by atoms with Crippen molar-refractivity contribution in [3.05, 3.63) is 13.2 Å². The average molecular weight is 160 g/mol. The van der Waals surface area contributed by atoms with Gasteiger partial charge in [-0.2, -0.15) is 0 Å². The van der Waals surface area contributed by atoms with E-state index in [0.29, 0.717) is 13.1 Å². The van der Waals surface area contributed by atoms with Gasteiger partial charge in [0.05, 0.1) is 0 Å². The van der Waals surface area contributed by atoms with E-state index in [1.54, 1.807) is 0 Å². The van der Waals surface area contributed by atoms with Gasteiger partial charge < -0.3 is 16.2 Å². The van der Waals surface area contributed by atoms with Crippen molar-refractivity contribution in [2.75, 3.05) is 26.3 Å². The predicted octanol–water partition coefficient (Wildman–Crippen LogP) is 0.503. The Morgan fingerprint density at radius 1 is 0.909 bits per heavy atom. The molecular weight excluding hydrogens is 140 g/mol. The predicted molar refractivity (Wildman–Crippen MR) is 49.4 cm³/mol. The zero-order valence-electron chi connectivity index (χ0n) is 7.22. The summed E-state index contributed by atoms with van der Waals surface area (Å²) in [5.74, 6) is 0. The van der Waals surface area contributed by atoms with Gasteiger partial charge in [-0.25, -0.2) is 0 Å². The fourth-order valence-electron chi connectivity index (χ4n) is 0.473. The Kier molecular flexibility index (Phi) is 19.6. The molecule has 3 heteroatoms. The van der Waals surface area contributed by atoms with E-state index in [9.17, 15) is 0 Å². The van der Waals surface area contributed by atoms with Crippen molar-refractivity contribution in [1.29, 1.82) is 0 Å². The van der Waals surface area contributed by atoms with Crippen molar-refractivity contribution >= 4 is 0 Å². The van der Waals surface area contributed by atoms with Crippen LogP contribution in [-0.4, -0.2) is 26.3 Å². The number of rotatable bonds is 6. The summed E-state index contributed by atoms with van der Waals surface area (Å²) in [5, 5.41) is 0. The van der Waals surface area contributed by atoms with E-state index in [4.69, 9.17) is 16.2 Å². The Balaban J connectivity index is 0. The molecule has 3 nitrogen and oxygen atoms in total. The lowest BCUT2D eigenvalue weighted by Gasteiger charge is -1.99. The summed E-state index contributed by atoms with van der Waals surface area (Å²) in [6, 6.07) is 0. The topological polar surface area (TPSA) is 61.3 Å². The highest BCUT2D eigenvalue weighted by Crippen LogP contribution is 1.81. The number of nitrogens with two attached hydrogens (primary N) is 2. The summed E-state index contributed by atoms with van der Waals surface area (Å²) >= 11 is 0. The van der Waals surface area contributed by atoms with Gasteiger partial charge in [0.15, 0.2) is 0 Å². The zero-order chi connectivity index (χ0) is 8.95. The van der Waals surface area contributed by atoms with Crippen LogP contribution in [0.1, 0.15) is 12.8 Å². The number of ether oxygens (including phenoxy) is 1. The molecule has 68 valence electrons. The van der Waals surface area contributed by atoms with Gasteiger partial charge in [0, 0.05) is 13.2 Å². The summed E-state index contributed by atoms with van der Waals surface area (Å²) in [4.78, 5) is 0. The number of hydrogen-bond acceptors (Lipinski definition) is 3. The fourth-order valence-corrected chi connectivity index (χ4v) is 0.473. The number of hydrogen-bond donors (Lipinski definition) is 2. The van der Waals surface area contributed by atoms with Crippen LogP contribution >= 0.6 is 0 Å². The molecule has 0 unspecified atom stereocenters. The van der Waals surface area contributed by atoms with Crippen LogP contribution < -0.4 is 11.5 Å². The molecule has 0 aromatic carbocycles. The maximum absolute atomic E-state index is 5.24. The second-order valence-electron chi connectivity index (χ2n) is 1.90. The Morgan fingerprint density at radius 2 is 1.27 bits per heavy atom. The van der Waals surface area contributed by atoms with E-state index < -0.39 is 0 Å². The maximum atomic E-state index is 5.24. The molecule has 0 radical (unpaired) electrons. The third kappa shape index (κ3) is 17.7. The van der Waals surface area contributed by atoms with Crippen LogP contribution in [0.5, 0.6) is 0 Å². The highest BCUT2D eigenvalue weighted by molar-refractivity contribution is 4.38. The molecule has 0 aliphatic rings. The van der Waals surface area contributed by atoms with E-state index in [2.05, 4.69) is 13.2 Å². The molecule has 0 aromatic rings. The first-order valence-electron chi connectivity index (χ1n) is 3.89. The Labute approximate surface area is 69.4 Å². The Morgan fingerprint density at radius 3 is 1.55 bits per heavy atom. The first-order valence-corrected chi connectivity index (χ1v) is 3.89. The fraction of sp³-hybridized carbons (Fsp3) is 0.750. The summed E-state index contributed by atoms with van der Waals surface area (Å²) in [6.07, 6.45) is 1.90. The quantitative estimate of drug-likeness (QED) is 0.439. The molecule has 0 saturated carbocycles. The van der Waals surface area contributed by atoms with Gasteiger partial charge in [-0.05, 0) is 25.9 Å². The first kappa shape index (κ1) is 13.2. The molecule has 11 heavy (non-hydrogen) atoms. The van der Waals surface area contributed by atoms with Crippen LogP contribution in [-0.2, 0) is 4.74 Å². The van der Waals surface area contributed by atoms with Gasteiger partial charge in [-0.15, -0.1) is 13.2 Å². The smallest absolute Gasteiger partial charge is 0.0478 e. The second-order valence-corrected chi connectivity index (χ2v) is 1.90. The van der Waals surface area contributed by atoms with Gasteiger partial charge in [0.2, 0.25) is 0 Å². The largest absolute Gasteiger partial charge is 0.381 e. The molecule has 0 atom stereocenters. The van der Waals surface area contributed by atoms with E-state index in [1.165, 1.54) is 0 Å². The molecular formula is C8H20N2O. The third-order valence-electron chi connectivity index (χ3n) is 0.986. The molecule has 4 N–H and O–H groups in total. The van der Waals surface area contributed by atoms with Crippen molar-refractivity contribution in [3.8, 4) is 0 Å². The van der Waals surface area contributed by atoms with E-state index in [1.807, 2.05) is 0 Å². The van der Waals surface area contributed by atoms with Crippen LogP contribution in [0.2, 0.25) is 0 Å². The van der Waals surface area contributed by atoms with Crippen molar-refractivity contribution in [2.24, 2.45) is 11.5 Å². The van der Waals surface area contributed by atoms with Crippen LogP contribution in [0.15, 0.2) is 13.2 Å². The minimum atomic E-state index is 0.711. The second kappa shape index (κ2) is 16.3. The molecule has 0 spiro atoms. The summed E-state index contributed by atoms with van der Waals surface area (Å²) in [7, 11) is 0. The summed E-state index contributed by atoms with van der Waals surface area (Å²) in [6.45, 7) is 8.97. The van der Waals surface area contributed by atoms with Crippen molar-refractivity contribution < 1.29 is 4.74 Å². The average Bonchev–Trinajstić information content (AvgIpc) is 2.08. The van der Waals surface area contributed by atoms with Gasteiger partial charge in [-0.3, -0.25) is 0 Å². The molecule has 0 aliphatic carbocycles. The van der Waals surface area contributed by atoms with E-state index in [-0.39, 0.29) is 0 Å². The van der Waals surface area contributed by atoms with Gasteiger partial charge in [0.1, 0.15) is 0 Å². The van der Waals surface area contributed by atoms with Crippen LogP contribution in [0.25, 0.3) is 0 Å². The Bertz CT molecular complexity index is 54.1. The van der Waals surface area contributed by atoms with Crippen molar-refractivity contribution in [1.82, 2.24) is 0 Å². The molecule has 0 heterocycles. The normalized spacial score (nSPS) is 8.55. The van der Waals surface area contributed by atoms with Gasteiger partial charge in [0.25, 0.3) is 0 Å². The molecule has 0 saturated heterocycles. The molecule has 0 aromatic heterocycles. The lowest BCUT2D eigenvalue weighted by molar-refractivity contribution is 0.132. The van der Waals surface area contributed by atoms with Crippen LogP contribution in [0.3, 0.4) is 0 Å². The summed E-state index contributed by atoms with van der Waals surface area (Å²) in [5.41, 5.74) is 10.5. The van der Waals surface area contributed by atoms with Gasteiger partial charge in [-0.1, -0.05) is 0 Å². The van der Waals surface area contributed by atoms with E-state index >= 15 is 0 Å². The van der Waals surface area contributed by atoms with Crippen molar-refractivity contribution in [3.63, 3.8) is 0 Å². The maximum Gasteiger partial charge on any atom is 0.0478 e. The lowest BCUT2D eigenvalue weighted by atomic mass is 10.4. The van der Waals surface area contributed by atoms with Crippen molar-refractivity contribution in [2.45, 2.75) is 12.8 Å². The zero-order valence-corrected chi connectivity index (χ0v) is 7.22. The minimum absolute atomic E-state index is 0.711. The highest BCUT2D eigenvalue weighted by atomic mass is 16.5. The SMILES string of the molecule is C=C.NCCCOCCCN. The third-order valence-corrected chi connectivity index (χ3v) is 0.986. The standard InChI is InChI=1S/C6H16N2O.C2H4/c7-3-1-5-9-6-2-4-8;1-2/h1-8H2;1-2H2. The van der Waals surface area contributed by atoms with Crippen LogP contribution in [0, 0.1) is 0 Å². The lowest BCUT2D eigenvalue weighted by Crippen LogP contribution is -2.08. The van der Waals surface area contributed by atoms with Crippen LogP contribution in [0.4, 0.5) is 0 Å². The molecule has 0 bridgehead atoms. The minimum Gasteiger partial charge on any atom is -0.381 e. The van der Waals surface area contributed by atoms with E-state index in [0.717, 1.165) is 26.1 Å². The molecule has 0 amide bonds. The Hall–Kier alpha value is -0.380. The molecule has 0 fully saturated rings.